The van der Waals surface area contributed by atoms with E-state index in [2.05, 4.69) is 9.98 Å². The van der Waals surface area contributed by atoms with Gasteiger partial charge in [0.2, 0.25) is 0 Å². The standard InChI is InChI=1S/C21H17N3O/c22-16-25-21-12-10-20(11-13-21)24-15-18-8-6-17(7-9-18)14-23-19-4-2-1-3-5-19/h1-16,22H. The van der Waals surface area contributed by atoms with Crippen LogP contribution in [0, 0.1) is 5.41 Å². The molecule has 0 amide bonds. The third-order valence-corrected chi connectivity index (χ3v) is 3.45. The number of benzene rings is 3. The van der Waals surface area contributed by atoms with Crippen molar-refractivity contribution in [2.45, 2.75) is 0 Å². The molecular weight excluding hydrogens is 310 g/mol. The quantitative estimate of drug-likeness (QED) is 0.492. The number of hydrogen-bond acceptors (Lipinski definition) is 4. The van der Waals surface area contributed by atoms with Crippen molar-refractivity contribution in [1.82, 2.24) is 0 Å². The molecule has 122 valence electrons. The third-order valence-electron chi connectivity index (χ3n) is 3.45. The highest BCUT2D eigenvalue weighted by Crippen LogP contribution is 2.17. The molecule has 0 radical (unpaired) electrons. The Balaban J connectivity index is 1.64. The van der Waals surface area contributed by atoms with E-state index in [1.54, 1.807) is 12.1 Å². The lowest BCUT2D eigenvalue weighted by Crippen LogP contribution is -1.86. The molecule has 0 saturated carbocycles. The minimum Gasteiger partial charge on any atom is -0.446 e. The van der Waals surface area contributed by atoms with E-state index in [4.69, 9.17) is 10.1 Å². The highest BCUT2D eigenvalue weighted by Gasteiger charge is 1.94. The Kier molecular flexibility index (Phi) is 5.46. The molecule has 0 bridgehead atoms. The first-order chi connectivity index (χ1) is 12.3. The van der Waals surface area contributed by atoms with E-state index in [1.807, 2.05) is 79.2 Å². The molecule has 3 aromatic rings. The molecule has 0 fully saturated rings. The summed E-state index contributed by atoms with van der Waals surface area (Å²) in [5, 5.41) is 6.90. The zero-order valence-electron chi connectivity index (χ0n) is 13.5. The molecule has 3 aromatic carbocycles. The van der Waals surface area contributed by atoms with Gasteiger partial charge in [-0.1, -0.05) is 42.5 Å². The molecule has 0 unspecified atom stereocenters. The number of nitrogens with zero attached hydrogens (tertiary/aromatic N) is 2. The largest absolute Gasteiger partial charge is 0.446 e. The van der Waals surface area contributed by atoms with Crippen LogP contribution in [0.4, 0.5) is 11.4 Å². The lowest BCUT2D eigenvalue weighted by Gasteiger charge is -1.99. The summed E-state index contributed by atoms with van der Waals surface area (Å²) in [6, 6.07) is 25.1. The Morgan fingerprint density at radius 1 is 0.640 bits per heavy atom. The Morgan fingerprint density at radius 3 is 1.68 bits per heavy atom. The van der Waals surface area contributed by atoms with Gasteiger partial charge in [-0.25, -0.2) is 0 Å². The minimum absolute atomic E-state index is 0.621. The van der Waals surface area contributed by atoms with Crippen molar-refractivity contribution in [2.24, 2.45) is 9.98 Å². The molecule has 25 heavy (non-hydrogen) atoms. The SMILES string of the molecule is N=COc1ccc(N=Cc2ccc(C=Nc3ccccc3)cc2)cc1. The van der Waals surface area contributed by atoms with Crippen LogP contribution in [0.15, 0.2) is 88.8 Å². The maximum atomic E-state index is 6.90. The number of ether oxygens (including phenoxy) is 1. The van der Waals surface area contributed by atoms with Crippen LogP contribution in [0.3, 0.4) is 0 Å². The van der Waals surface area contributed by atoms with E-state index in [0.717, 1.165) is 28.9 Å². The van der Waals surface area contributed by atoms with Crippen molar-refractivity contribution in [3.05, 3.63) is 90.0 Å². The number of rotatable bonds is 6. The van der Waals surface area contributed by atoms with Crippen LogP contribution in [0.25, 0.3) is 0 Å². The van der Waals surface area contributed by atoms with Crippen LogP contribution in [-0.2, 0) is 0 Å². The molecule has 0 aliphatic rings. The molecule has 3 rings (SSSR count). The molecule has 0 spiro atoms. The number of para-hydroxylation sites is 1. The fourth-order valence-electron chi connectivity index (χ4n) is 2.16. The van der Waals surface area contributed by atoms with E-state index in [9.17, 15) is 0 Å². The van der Waals surface area contributed by atoms with Gasteiger partial charge in [0, 0.05) is 12.4 Å². The highest BCUT2D eigenvalue weighted by molar-refractivity contribution is 5.86. The zero-order valence-corrected chi connectivity index (χ0v) is 13.5. The van der Waals surface area contributed by atoms with Gasteiger partial charge in [0.05, 0.1) is 11.4 Å². The molecule has 0 aliphatic carbocycles. The van der Waals surface area contributed by atoms with Crippen molar-refractivity contribution in [2.75, 3.05) is 0 Å². The van der Waals surface area contributed by atoms with Crippen molar-refractivity contribution in [1.29, 1.82) is 5.41 Å². The van der Waals surface area contributed by atoms with Crippen molar-refractivity contribution in [3.8, 4) is 5.75 Å². The summed E-state index contributed by atoms with van der Waals surface area (Å²) in [6.07, 6.45) is 4.56. The first kappa shape index (κ1) is 16.3. The van der Waals surface area contributed by atoms with Crippen molar-refractivity contribution < 1.29 is 4.74 Å². The molecule has 0 aromatic heterocycles. The smallest absolute Gasteiger partial charge is 0.173 e. The zero-order chi connectivity index (χ0) is 17.3. The fraction of sp³-hybridized carbons (Fsp3) is 0. The van der Waals surface area contributed by atoms with Crippen LogP contribution >= 0.6 is 0 Å². The van der Waals surface area contributed by atoms with Gasteiger partial charge in [-0.2, -0.15) is 0 Å². The molecule has 0 atom stereocenters. The molecule has 0 aliphatic heterocycles. The third kappa shape index (κ3) is 4.97. The van der Waals surface area contributed by atoms with E-state index >= 15 is 0 Å². The first-order valence-corrected chi connectivity index (χ1v) is 7.82. The maximum Gasteiger partial charge on any atom is 0.173 e. The van der Waals surface area contributed by atoms with Crippen LogP contribution < -0.4 is 4.74 Å². The molecule has 1 N–H and O–H groups in total. The lowest BCUT2D eigenvalue weighted by atomic mass is 10.1. The predicted octanol–water partition coefficient (Wildman–Crippen LogP) is 5.17. The summed E-state index contributed by atoms with van der Waals surface area (Å²) >= 11 is 0. The van der Waals surface area contributed by atoms with E-state index in [1.165, 1.54) is 0 Å². The predicted molar refractivity (Wildman–Crippen MR) is 103 cm³/mol. The minimum atomic E-state index is 0.621. The summed E-state index contributed by atoms with van der Waals surface area (Å²) < 4.78 is 4.97. The van der Waals surface area contributed by atoms with Gasteiger partial charge in [0.1, 0.15) is 5.75 Å². The molecule has 0 heterocycles. The summed E-state index contributed by atoms with van der Waals surface area (Å²) in [4.78, 5) is 8.87. The second-order valence-electron chi connectivity index (χ2n) is 5.25. The van der Waals surface area contributed by atoms with Crippen LogP contribution in [-0.4, -0.2) is 18.8 Å². The molecular formula is C21H17N3O. The van der Waals surface area contributed by atoms with E-state index in [-0.39, 0.29) is 0 Å². The van der Waals surface area contributed by atoms with Crippen LogP contribution in [0.5, 0.6) is 5.75 Å². The fourth-order valence-corrected chi connectivity index (χ4v) is 2.16. The van der Waals surface area contributed by atoms with Crippen molar-refractivity contribution >= 4 is 30.2 Å². The summed E-state index contributed by atoms with van der Waals surface area (Å²) in [5.41, 5.74) is 3.81. The second kappa shape index (κ2) is 8.36. The molecule has 4 heteroatoms. The van der Waals surface area contributed by atoms with Gasteiger partial charge in [0.25, 0.3) is 0 Å². The number of hydrogen-bond donors (Lipinski definition) is 1. The second-order valence-corrected chi connectivity index (χ2v) is 5.25. The topological polar surface area (TPSA) is 57.8 Å². The van der Waals surface area contributed by atoms with Gasteiger partial charge >= 0.3 is 0 Å². The Bertz CT molecular complexity index is 867. The normalized spacial score (nSPS) is 11.0. The maximum absolute atomic E-state index is 6.90. The van der Waals surface area contributed by atoms with E-state index < -0.39 is 0 Å². The number of aliphatic imine (C=N–C) groups is 2. The summed E-state index contributed by atoms with van der Waals surface area (Å²) in [5.74, 6) is 0.621. The van der Waals surface area contributed by atoms with Gasteiger partial charge in [0.15, 0.2) is 6.40 Å². The average Bonchev–Trinajstić information content (AvgIpc) is 2.68. The van der Waals surface area contributed by atoms with Gasteiger partial charge in [-0.3, -0.25) is 15.4 Å². The van der Waals surface area contributed by atoms with E-state index in [0.29, 0.717) is 5.75 Å². The van der Waals surface area contributed by atoms with Crippen LogP contribution in [0.2, 0.25) is 0 Å². The molecule has 0 saturated heterocycles. The average molecular weight is 327 g/mol. The summed E-state index contributed by atoms with van der Waals surface area (Å²) in [7, 11) is 0. The van der Waals surface area contributed by atoms with Gasteiger partial charge < -0.3 is 4.74 Å². The van der Waals surface area contributed by atoms with Gasteiger partial charge in [-0.05, 0) is 47.5 Å². The highest BCUT2D eigenvalue weighted by atomic mass is 16.5. The Hall–Kier alpha value is -3.53. The van der Waals surface area contributed by atoms with Gasteiger partial charge in [-0.15, -0.1) is 0 Å². The molecule has 4 nitrogen and oxygen atoms in total. The monoisotopic (exact) mass is 327 g/mol. The lowest BCUT2D eigenvalue weighted by molar-refractivity contribution is 0.570. The van der Waals surface area contributed by atoms with Crippen LogP contribution in [0.1, 0.15) is 11.1 Å². The Labute approximate surface area is 146 Å². The Morgan fingerprint density at radius 2 is 1.16 bits per heavy atom. The van der Waals surface area contributed by atoms with Crippen molar-refractivity contribution in [3.63, 3.8) is 0 Å². The number of nitrogens with one attached hydrogen (secondary N) is 1. The first-order valence-electron chi connectivity index (χ1n) is 7.82. The summed E-state index contributed by atoms with van der Waals surface area (Å²) in [6.45, 7) is 0.